The third-order valence-corrected chi connectivity index (χ3v) is 3.95. The number of halogens is 1. The van der Waals surface area contributed by atoms with Crippen molar-refractivity contribution in [3.8, 4) is 0 Å². The van der Waals surface area contributed by atoms with Gasteiger partial charge in [-0.3, -0.25) is 4.90 Å². The zero-order valence-corrected chi connectivity index (χ0v) is 11.8. The van der Waals surface area contributed by atoms with E-state index >= 15 is 0 Å². The standard InChI is InChI=1S/C14H21ClN2O/c1-11-9-16(2)14(6-7-18)10-17(11)13-5-3-4-12(15)8-13/h3-5,8,11,14,18H,6-7,9-10H2,1-2H3. The van der Waals surface area contributed by atoms with Crippen LogP contribution in [0.5, 0.6) is 0 Å². The summed E-state index contributed by atoms with van der Waals surface area (Å²) in [6, 6.07) is 8.87. The predicted octanol–water partition coefficient (Wildman–Crippen LogP) is 2.23. The molecule has 4 heteroatoms. The molecule has 1 heterocycles. The molecule has 1 aliphatic rings. The van der Waals surface area contributed by atoms with E-state index in [1.54, 1.807) is 0 Å². The van der Waals surface area contributed by atoms with Crippen LogP contribution in [0, 0.1) is 0 Å². The molecule has 0 aromatic heterocycles. The number of aliphatic hydroxyl groups is 1. The van der Waals surface area contributed by atoms with Gasteiger partial charge in [-0.05, 0) is 38.6 Å². The highest BCUT2D eigenvalue weighted by Gasteiger charge is 2.29. The lowest BCUT2D eigenvalue weighted by Crippen LogP contribution is -2.56. The van der Waals surface area contributed by atoms with E-state index in [0.717, 1.165) is 24.5 Å². The van der Waals surface area contributed by atoms with Crippen molar-refractivity contribution in [2.24, 2.45) is 0 Å². The highest BCUT2D eigenvalue weighted by molar-refractivity contribution is 6.30. The summed E-state index contributed by atoms with van der Waals surface area (Å²) in [4.78, 5) is 4.72. The van der Waals surface area contributed by atoms with E-state index in [0.29, 0.717) is 12.1 Å². The van der Waals surface area contributed by atoms with Crippen LogP contribution in [0.1, 0.15) is 13.3 Å². The Morgan fingerprint density at radius 2 is 2.17 bits per heavy atom. The average molecular weight is 269 g/mol. The van der Waals surface area contributed by atoms with Gasteiger partial charge in [-0.25, -0.2) is 0 Å². The first-order valence-corrected chi connectivity index (χ1v) is 6.83. The van der Waals surface area contributed by atoms with Gasteiger partial charge in [-0.1, -0.05) is 17.7 Å². The minimum atomic E-state index is 0.243. The predicted molar refractivity (Wildman–Crippen MR) is 76.4 cm³/mol. The van der Waals surface area contributed by atoms with Crippen molar-refractivity contribution in [3.05, 3.63) is 29.3 Å². The van der Waals surface area contributed by atoms with Crippen LogP contribution in [-0.2, 0) is 0 Å². The Kier molecular flexibility index (Phi) is 4.49. The van der Waals surface area contributed by atoms with Gasteiger partial charge >= 0.3 is 0 Å². The summed E-state index contributed by atoms with van der Waals surface area (Å²) < 4.78 is 0. The Morgan fingerprint density at radius 3 is 2.83 bits per heavy atom. The molecule has 1 aromatic carbocycles. The van der Waals surface area contributed by atoms with Gasteiger partial charge in [0.25, 0.3) is 0 Å². The van der Waals surface area contributed by atoms with Crippen molar-refractivity contribution in [2.75, 3.05) is 31.6 Å². The number of nitrogens with zero attached hydrogens (tertiary/aromatic N) is 2. The highest BCUT2D eigenvalue weighted by Crippen LogP contribution is 2.25. The second-order valence-electron chi connectivity index (χ2n) is 5.09. The quantitative estimate of drug-likeness (QED) is 0.911. The van der Waals surface area contributed by atoms with Crippen LogP contribution in [0.3, 0.4) is 0 Å². The molecule has 0 amide bonds. The van der Waals surface area contributed by atoms with Crippen molar-refractivity contribution in [3.63, 3.8) is 0 Å². The van der Waals surface area contributed by atoms with E-state index in [1.165, 1.54) is 5.69 Å². The van der Waals surface area contributed by atoms with Crippen molar-refractivity contribution >= 4 is 17.3 Å². The molecular formula is C14H21ClN2O. The Labute approximate surface area is 114 Å². The lowest BCUT2D eigenvalue weighted by molar-refractivity contribution is 0.154. The molecular weight excluding hydrogens is 248 g/mol. The summed E-state index contributed by atoms with van der Waals surface area (Å²) in [5, 5.41) is 9.91. The molecule has 3 nitrogen and oxygen atoms in total. The van der Waals surface area contributed by atoms with E-state index in [-0.39, 0.29) is 6.61 Å². The molecule has 1 aromatic rings. The molecule has 0 spiro atoms. The van der Waals surface area contributed by atoms with Crippen LogP contribution in [0.2, 0.25) is 5.02 Å². The van der Waals surface area contributed by atoms with E-state index in [1.807, 2.05) is 18.2 Å². The Morgan fingerprint density at radius 1 is 1.39 bits per heavy atom. The number of hydrogen-bond donors (Lipinski definition) is 1. The van der Waals surface area contributed by atoms with Gasteiger partial charge < -0.3 is 10.0 Å². The Balaban J connectivity index is 2.16. The van der Waals surface area contributed by atoms with Crippen LogP contribution >= 0.6 is 11.6 Å². The van der Waals surface area contributed by atoms with Crippen LogP contribution in [-0.4, -0.2) is 48.8 Å². The minimum absolute atomic E-state index is 0.243. The number of rotatable bonds is 3. The Bertz CT molecular complexity index is 399. The third-order valence-electron chi connectivity index (χ3n) is 3.72. The van der Waals surface area contributed by atoms with E-state index in [4.69, 9.17) is 16.7 Å². The summed E-state index contributed by atoms with van der Waals surface area (Å²) in [6.07, 6.45) is 0.820. The fourth-order valence-corrected chi connectivity index (χ4v) is 2.87. The molecule has 100 valence electrons. The third kappa shape index (κ3) is 2.97. The van der Waals surface area contributed by atoms with Gasteiger partial charge in [-0.2, -0.15) is 0 Å². The number of likely N-dealkylation sites (N-methyl/N-ethyl adjacent to an activating group) is 1. The van der Waals surface area contributed by atoms with Crippen LogP contribution in [0.4, 0.5) is 5.69 Å². The highest BCUT2D eigenvalue weighted by atomic mass is 35.5. The first kappa shape index (κ1) is 13.7. The molecule has 1 saturated heterocycles. The monoisotopic (exact) mass is 268 g/mol. The fraction of sp³-hybridized carbons (Fsp3) is 0.571. The summed E-state index contributed by atoms with van der Waals surface area (Å²) in [7, 11) is 2.13. The van der Waals surface area contributed by atoms with E-state index in [2.05, 4.69) is 29.8 Å². The first-order chi connectivity index (χ1) is 8.61. The van der Waals surface area contributed by atoms with Crippen LogP contribution in [0.25, 0.3) is 0 Å². The van der Waals surface area contributed by atoms with Gasteiger partial charge in [0.2, 0.25) is 0 Å². The van der Waals surface area contributed by atoms with Crippen LogP contribution in [0.15, 0.2) is 24.3 Å². The van der Waals surface area contributed by atoms with Gasteiger partial charge in [0, 0.05) is 42.5 Å². The summed E-state index contributed by atoms with van der Waals surface area (Å²) in [6.45, 7) is 4.43. The topological polar surface area (TPSA) is 26.7 Å². The molecule has 0 radical (unpaired) electrons. The average Bonchev–Trinajstić information content (AvgIpc) is 2.33. The summed E-state index contributed by atoms with van der Waals surface area (Å²) >= 11 is 6.06. The van der Waals surface area contributed by atoms with Gasteiger partial charge in [0.15, 0.2) is 0 Å². The number of benzene rings is 1. The first-order valence-electron chi connectivity index (χ1n) is 6.45. The van der Waals surface area contributed by atoms with E-state index < -0.39 is 0 Å². The molecule has 2 atom stereocenters. The van der Waals surface area contributed by atoms with Gasteiger partial charge in [0.05, 0.1) is 0 Å². The second-order valence-corrected chi connectivity index (χ2v) is 5.52. The molecule has 1 N–H and O–H groups in total. The van der Waals surface area contributed by atoms with Gasteiger partial charge in [-0.15, -0.1) is 0 Å². The zero-order valence-electron chi connectivity index (χ0n) is 11.0. The number of anilines is 1. The maximum absolute atomic E-state index is 9.14. The summed E-state index contributed by atoms with van der Waals surface area (Å²) in [5.74, 6) is 0. The largest absolute Gasteiger partial charge is 0.396 e. The van der Waals surface area contributed by atoms with Crippen molar-refractivity contribution in [1.82, 2.24) is 4.90 Å². The smallest absolute Gasteiger partial charge is 0.0446 e. The van der Waals surface area contributed by atoms with Gasteiger partial charge in [0.1, 0.15) is 0 Å². The normalized spacial score (nSPS) is 25.4. The molecule has 2 unspecified atom stereocenters. The molecule has 2 rings (SSSR count). The number of piperazine rings is 1. The van der Waals surface area contributed by atoms with Crippen molar-refractivity contribution in [2.45, 2.75) is 25.4 Å². The minimum Gasteiger partial charge on any atom is -0.396 e. The molecule has 18 heavy (non-hydrogen) atoms. The maximum Gasteiger partial charge on any atom is 0.0446 e. The molecule has 1 fully saturated rings. The maximum atomic E-state index is 9.14. The molecule has 0 bridgehead atoms. The SMILES string of the molecule is CC1CN(C)C(CCO)CN1c1cccc(Cl)c1. The number of hydrogen-bond acceptors (Lipinski definition) is 3. The van der Waals surface area contributed by atoms with Crippen molar-refractivity contribution < 1.29 is 5.11 Å². The molecule has 0 saturated carbocycles. The van der Waals surface area contributed by atoms with E-state index in [9.17, 15) is 0 Å². The lowest BCUT2D eigenvalue weighted by Gasteiger charge is -2.45. The fourth-order valence-electron chi connectivity index (χ4n) is 2.69. The molecule has 1 aliphatic heterocycles. The molecule has 0 aliphatic carbocycles. The summed E-state index contributed by atoms with van der Waals surface area (Å²) in [5.41, 5.74) is 1.17. The lowest BCUT2D eigenvalue weighted by atomic mass is 10.0. The Hall–Kier alpha value is -0.770. The number of aliphatic hydroxyl groups excluding tert-OH is 1. The van der Waals surface area contributed by atoms with Crippen molar-refractivity contribution in [1.29, 1.82) is 0 Å². The van der Waals surface area contributed by atoms with Crippen LogP contribution < -0.4 is 4.90 Å². The second kappa shape index (κ2) is 5.91. The zero-order chi connectivity index (χ0) is 13.1.